The standard InChI is InChI=1S/C11H23N3O2/c1-4-6-9(12)11(16)14(3)8-5-7-10(15)13-2/h9H,4-8,12H2,1-3H3,(H,13,15). The summed E-state index contributed by atoms with van der Waals surface area (Å²) in [7, 11) is 3.33. The van der Waals surface area contributed by atoms with Gasteiger partial charge in [0.25, 0.3) is 0 Å². The van der Waals surface area contributed by atoms with Gasteiger partial charge in [-0.2, -0.15) is 0 Å². The van der Waals surface area contributed by atoms with Crippen molar-refractivity contribution < 1.29 is 9.59 Å². The smallest absolute Gasteiger partial charge is 0.239 e. The maximum absolute atomic E-state index is 11.7. The van der Waals surface area contributed by atoms with Crippen LogP contribution in [-0.4, -0.2) is 43.4 Å². The zero-order chi connectivity index (χ0) is 12.6. The highest BCUT2D eigenvalue weighted by Crippen LogP contribution is 2.00. The van der Waals surface area contributed by atoms with Crippen molar-refractivity contribution in [1.29, 1.82) is 0 Å². The van der Waals surface area contributed by atoms with E-state index in [4.69, 9.17) is 5.73 Å². The van der Waals surface area contributed by atoms with Gasteiger partial charge in [0, 0.05) is 27.1 Å². The lowest BCUT2D eigenvalue weighted by molar-refractivity contribution is -0.132. The molecule has 16 heavy (non-hydrogen) atoms. The molecule has 94 valence electrons. The number of hydrogen-bond donors (Lipinski definition) is 2. The van der Waals surface area contributed by atoms with Gasteiger partial charge in [-0.3, -0.25) is 9.59 Å². The summed E-state index contributed by atoms with van der Waals surface area (Å²) in [6, 6.07) is -0.407. The first kappa shape index (κ1) is 14.9. The zero-order valence-electron chi connectivity index (χ0n) is 10.5. The number of carbonyl (C=O) groups is 2. The summed E-state index contributed by atoms with van der Waals surface area (Å²) < 4.78 is 0. The molecule has 0 aromatic heterocycles. The molecule has 0 spiro atoms. The van der Waals surface area contributed by atoms with Crippen molar-refractivity contribution in [3.05, 3.63) is 0 Å². The van der Waals surface area contributed by atoms with E-state index in [1.54, 1.807) is 19.0 Å². The summed E-state index contributed by atoms with van der Waals surface area (Å²) in [5.74, 6) is -0.0440. The minimum absolute atomic E-state index is 0.00120. The summed E-state index contributed by atoms with van der Waals surface area (Å²) in [5.41, 5.74) is 5.72. The second kappa shape index (κ2) is 8.10. The lowest BCUT2D eigenvalue weighted by Gasteiger charge is -2.20. The lowest BCUT2D eigenvalue weighted by atomic mass is 10.1. The number of nitrogens with two attached hydrogens (primary N) is 1. The predicted octanol–water partition coefficient (Wildman–Crippen LogP) is 0.0984. The van der Waals surface area contributed by atoms with Gasteiger partial charge in [0.15, 0.2) is 0 Å². The Hall–Kier alpha value is -1.10. The Kier molecular flexibility index (Phi) is 7.54. The number of carbonyl (C=O) groups excluding carboxylic acids is 2. The molecular formula is C11H23N3O2. The van der Waals surface area contributed by atoms with E-state index in [1.165, 1.54) is 0 Å². The van der Waals surface area contributed by atoms with Gasteiger partial charge in [-0.1, -0.05) is 13.3 Å². The van der Waals surface area contributed by atoms with Crippen LogP contribution in [0.3, 0.4) is 0 Å². The number of likely N-dealkylation sites (N-methyl/N-ethyl adjacent to an activating group) is 1. The summed E-state index contributed by atoms with van der Waals surface area (Å²) >= 11 is 0. The quantitative estimate of drug-likeness (QED) is 0.650. The number of amides is 2. The molecule has 0 radical (unpaired) electrons. The van der Waals surface area contributed by atoms with Gasteiger partial charge in [-0.15, -0.1) is 0 Å². The number of rotatable bonds is 7. The maximum atomic E-state index is 11.7. The van der Waals surface area contributed by atoms with Crippen LogP contribution in [0.5, 0.6) is 0 Å². The van der Waals surface area contributed by atoms with Crippen LogP contribution < -0.4 is 11.1 Å². The molecule has 0 heterocycles. The summed E-state index contributed by atoms with van der Waals surface area (Å²) in [4.78, 5) is 24.2. The van der Waals surface area contributed by atoms with Crippen LogP contribution in [0.4, 0.5) is 0 Å². The first-order chi connectivity index (χ1) is 7.52. The molecule has 5 heteroatoms. The highest BCUT2D eigenvalue weighted by atomic mass is 16.2. The molecule has 2 amide bonds. The molecule has 5 nitrogen and oxygen atoms in total. The Morgan fingerprint density at radius 3 is 2.56 bits per heavy atom. The average molecular weight is 229 g/mol. The average Bonchev–Trinajstić information content (AvgIpc) is 2.27. The van der Waals surface area contributed by atoms with E-state index >= 15 is 0 Å². The first-order valence-electron chi connectivity index (χ1n) is 5.74. The zero-order valence-corrected chi connectivity index (χ0v) is 10.5. The third kappa shape index (κ3) is 5.70. The van der Waals surface area contributed by atoms with Crippen LogP contribution in [0.1, 0.15) is 32.6 Å². The van der Waals surface area contributed by atoms with Crippen LogP contribution in [0.15, 0.2) is 0 Å². The number of hydrogen-bond acceptors (Lipinski definition) is 3. The Morgan fingerprint density at radius 2 is 2.06 bits per heavy atom. The predicted molar refractivity (Wildman–Crippen MR) is 63.8 cm³/mol. The summed E-state index contributed by atoms with van der Waals surface area (Å²) in [6.07, 6.45) is 2.72. The van der Waals surface area contributed by atoms with Crippen molar-refractivity contribution in [2.75, 3.05) is 20.6 Å². The van der Waals surface area contributed by atoms with E-state index in [2.05, 4.69) is 5.32 Å². The number of nitrogens with one attached hydrogen (secondary N) is 1. The molecule has 0 saturated carbocycles. The van der Waals surface area contributed by atoms with Gasteiger partial charge in [0.2, 0.25) is 11.8 Å². The molecule has 1 unspecified atom stereocenters. The summed E-state index contributed by atoms with van der Waals surface area (Å²) in [5, 5.41) is 2.54. The van der Waals surface area contributed by atoms with Crippen LogP contribution >= 0.6 is 0 Å². The molecule has 0 saturated heterocycles. The molecule has 0 aromatic rings. The van der Waals surface area contributed by atoms with Gasteiger partial charge in [-0.25, -0.2) is 0 Å². The fourth-order valence-corrected chi connectivity index (χ4v) is 1.43. The Labute approximate surface area is 97.4 Å². The fourth-order valence-electron chi connectivity index (χ4n) is 1.43. The minimum atomic E-state index is -0.407. The van der Waals surface area contributed by atoms with E-state index in [9.17, 15) is 9.59 Å². The van der Waals surface area contributed by atoms with Crippen molar-refractivity contribution >= 4 is 11.8 Å². The van der Waals surface area contributed by atoms with Gasteiger partial charge in [0.1, 0.15) is 0 Å². The fraction of sp³-hybridized carbons (Fsp3) is 0.818. The van der Waals surface area contributed by atoms with Crippen LogP contribution in [0.25, 0.3) is 0 Å². The van der Waals surface area contributed by atoms with Gasteiger partial charge in [-0.05, 0) is 12.8 Å². The van der Waals surface area contributed by atoms with E-state index in [0.717, 1.165) is 6.42 Å². The van der Waals surface area contributed by atoms with E-state index in [0.29, 0.717) is 25.8 Å². The molecular weight excluding hydrogens is 206 g/mol. The van der Waals surface area contributed by atoms with E-state index < -0.39 is 6.04 Å². The molecule has 0 rings (SSSR count). The minimum Gasteiger partial charge on any atom is -0.359 e. The molecule has 0 aliphatic heterocycles. The SMILES string of the molecule is CCCC(N)C(=O)N(C)CCCC(=O)NC. The van der Waals surface area contributed by atoms with Gasteiger partial charge >= 0.3 is 0 Å². The number of nitrogens with zero attached hydrogens (tertiary/aromatic N) is 1. The van der Waals surface area contributed by atoms with Crippen molar-refractivity contribution in [3.8, 4) is 0 Å². The third-order valence-electron chi connectivity index (χ3n) is 2.47. The molecule has 0 bridgehead atoms. The first-order valence-corrected chi connectivity index (χ1v) is 5.74. The van der Waals surface area contributed by atoms with Crippen molar-refractivity contribution in [2.24, 2.45) is 5.73 Å². The highest BCUT2D eigenvalue weighted by molar-refractivity contribution is 5.81. The molecule has 0 fully saturated rings. The van der Waals surface area contributed by atoms with Crippen LogP contribution in [0.2, 0.25) is 0 Å². The van der Waals surface area contributed by atoms with Crippen LogP contribution in [0, 0.1) is 0 Å². The second-order valence-electron chi connectivity index (χ2n) is 3.93. The highest BCUT2D eigenvalue weighted by Gasteiger charge is 2.16. The molecule has 0 aliphatic carbocycles. The maximum Gasteiger partial charge on any atom is 0.239 e. The molecule has 3 N–H and O–H groups in total. The van der Waals surface area contributed by atoms with Gasteiger partial charge < -0.3 is 16.0 Å². The lowest BCUT2D eigenvalue weighted by Crippen LogP contribution is -2.42. The van der Waals surface area contributed by atoms with Crippen molar-refractivity contribution in [1.82, 2.24) is 10.2 Å². The molecule has 0 aromatic carbocycles. The largest absolute Gasteiger partial charge is 0.359 e. The van der Waals surface area contributed by atoms with E-state index in [1.807, 2.05) is 6.92 Å². The monoisotopic (exact) mass is 229 g/mol. The second-order valence-corrected chi connectivity index (χ2v) is 3.93. The Balaban J connectivity index is 3.83. The van der Waals surface area contributed by atoms with Crippen molar-refractivity contribution in [2.45, 2.75) is 38.6 Å². The Bertz CT molecular complexity index is 231. The Morgan fingerprint density at radius 1 is 1.44 bits per heavy atom. The summed E-state index contributed by atoms with van der Waals surface area (Å²) in [6.45, 7) is 2.57. The molecule has 1 atom stereocenters. The third-order valence-corrected chi connectivity index (χ3v) is 2.47. The van der Waals surface area contributed by atoms with E-state index in [-0.39, 0.29) is 11.8 Å². The topological polar surface area (TPSA) is 75.4 Å². The van der Waals surface area contributed by atoms with Crippen molar-refractivity contribution in [3.63, 3.8) is 0 Å². The molecule has 0 aliphatic rings. The van der Waals surface area contributed by atoms with Crippen LogP contribution in [-0.2, 0) is 9.59 Å². The van der Waals surface area contributed by atoms with Gasteiger partial charge in [0.05, 0.1) is 6.04 Å². The normalized spacial score (nSPS) is 12.0.